The van der Waals surface area contributed by atoms with E-state index in [1.54, 1.807) is 30.2 Å². The van der Waals surface area contributed by atoms with Gasteiger partial charge in [-0.25, -0.2) is 19.6 Å². The van der Waals surface area contributed by atoms with Gasteiger partial charge in [0.2, 0.25) is 5.88 Å². The Hall–Kier alpha value is -4.15. The zero-order chi connectivity index (χ0) is 22.7. The number of pyridine rings is 1. The molecule has 11 heteroatoms. The Bertz CT molecular complexity index is 1240. The standard InChI is InChI=1S/C21H19F2N7O2/c1-12(27-17-11-24-16-10-26-30(2)19(16)29-17)13-4-3-5-15(8-13)28-20(31)14-6-7-18(25-9-14)32-21(22)23/h3-12,21H,1-2H3,(H,27,29)(H,28,31)/t12-/m0/s1. The number of ether oxygens (including phenoxy) is 1. The number of alkyl halides is 2. The normalized spacial score (nSPS) is 12.0. The lowest BCUT2D eigenvalue weighted by Crippen LogP contribution is -2.14. The number of nitrogens with zero attached hydrogens (tertiary/aromatic N) is 5. The Labute approximate surface area is 181 Å². The Kier molecular flexibility index (Phi) is 5.88. The SMILES string of the molecule is C[C@H](Nc1cnc2cnn(C)c2n1)c1cccc(NC(=O)c2ccc(OC(F)F)nc2)c1. The molecule has 0 unspecified atom stereocenters. The van der Waals surface area contributed by atoms with E-state index in [0.717, 1.165) is 5.56 Å². The molecular weight excluding hydrogens is 420 g/mol. The van der Waals surface area contributed by atoms with Gasteiger partial charge < -0.3 is 15.4 Å². The fourth-order valence-corrected chi connectivity index (χ4v) is 3.05. The van der Waals surface area contributed by atoms with E-state index < -0.39 is 12.5 Å². The largest absolute Gasteiger partial charge is 0.417 e. The van der Waals surface area contributed by atoms with Crippen molar-refractivity contribution in [2.75, 3.05) is 10.6 Å². The maximum absolute atomic E-state index is 12.5. The monoisotopic (exact) mass is 439 g/mol. The molecule has 0 aliphatic rings. The maximum atomic E-state index is 12.5. The minimum Gasteiger partial charge on any atom is -0.417 e. The van der Waals surface area contributed by atoms with Crippen molar-refractivity contribution in [1.82, 2.24) is 24.7 Å². The lowest BCUT2D eigenvalue weighted by molar-refractivity contribution is -0.0528. The van der Waals surface area contributed by atoms with Gasteiger partial charge in [0.25, 0.3) is 5.91 Å². The quantitative estimate of drug-likeness (QED) is 0.451. The third-order valence-electron chi connectivity index (χ3n) is 4.66. The Morgan fingerprint density at radius 3 is 2.72 bits per heavy atom. The van der Waals surface area contributed by atoms with Gasteiger partial charge in [-0.15, -0.1) is 0 Å². The van der Waals surface area contributed by atoms with Crippen LogP contribution in [0.5, 0.6) is 5.88 Å². The second-order valence-corrected chi connectivity index (χ2v) is 6.94. The summed E-state index contributed by atoms with van der Waals surface area (Å²) in [5, 5.41) is 10.2. The highest BCUT2D eigenvalue weighted by molar-refractivity contribution is 6.04. The lowest BCUT2D eigenvalue weighted by Gasteiger charge is -2.16. The van der Waals surface area contributed by atoms with Crippen LogP contribution in [0.3, 0.4) is 0 Å². The Balaban J connectivity index is 1.44. The van der Waals surface area contributed by atoms with E-state index in [1.165, 1.54) is 18.3 Å². The number of hydrogen-bond acceptors (Lipinski definition) is 7. The van der Waals surface area contributed by atoms with Crippen LogP contribution < -0.4 is 15.4 Å². The van der Waals surface area contributed by atoms with Crippen LogP contribution >= 0.6 is 0 Å². The van der Waals surface area contributed by atoms with Crippen molar-refractivity contribution in [2.24, 2.45) is 7.05 Å². The summed E-state index contributed by atoms with van der Waals surface area (Å²) < 4.78 is 30.3. The summed E-state index contributed by atoms with van der Waals surface area (Å²) >= 11 is 0. The molecule has 2 N–H and O–H groups in total. The van der Waals surface area contributed by atoms with E-state index in [2.05, 4.69) is 35.4 Å². The van der Waals surface area contributed by atoms with Crippen LogP contribution in [0.15, 0.2) is 55.0 Å². The molecule has 3 heterocycles. The van der Waals surface area contributed by atoms with Gasteiger partial charge in [-0.05, 0) is 30.7 Å². The van der Waals surface area contributed by atoms with Crippen LogP contribution in [0.1, 0.15) is 28.9 Å². The van der Waals surface area contributed by atoms with Crippen LogP contribution in [0, 0.1) is 0 Å². The van der Waals surface area contributed by atoms with E-state index in [9.17, 15) is 13.6 Å². The molecule has 0 bridgehead atoms. The number of halogens is 2. The molecule has 0 radical (unpaired) electrons. The van der Waals surface area contributed by atoms with Gasteiger partial charge in [-0.3, -0.25) is 4.79 Å². The minimum absolute atomic E-state index is 0.126. The van der Waals surface area contributed by atoms with E-state index in [1.807, 2.05) is 25.1 Å². The molecular formula is C21H19F2N7O2. The Morgan fingerprint density at radius 2 is 1.97 bits per heavy atom. The first-order valence-corrected chi connectivity index (χ1v) is 9.62. The van der Waals surface area contributed by atoms with Crippen molar-refractivity contribution in [1.29, 1.82) is 0 Å². The fourth-order valence-electron chi connectivity index (χ4n) is 3.05. The highest BCUT2D eigenvalue weighted by atomic mass is 19.3. The van der Waals surface area contributed by atoms with Gasteiger partial charge in [0.1, 0.15) is 11.3 Å². The molecule has 1 atom stereocenters. The number of hydrogen-bond donors (Lipinski definition) is 2. The average Bonchev–Trinajstić information content (AvgIpc) is 3.14. The van der Waals surface area contributed by atoms with Crippen molar-refractivity contribution >= 4 is 28.6 Å². The highest BCUT2D eigenvalue weighted by Crippen LogP contribution is 2.22. The second kappa shape index (κ2) is 8.92. The zero-order valence-corrected chi connectivity index (χ0v) is 17.2. The number of aromatic nitrogens is 5. The van der Waals surface area contributed by atoms with Crippen molar-refractivity contribution in [3.05, 3.63) is 66.1 Å². The van der Waals surface area contributed by atoms with Crippen LogP contribution in [0.2, 0.25) is 0 Å². The summed E-state index contributed by atoms with van der Waals surface area (Å²) in [6.07, 6.45) is 4.46. The molecule has 164 valence electrons. The first kappa shape index (κ1) is 21.1. The van der Waals surface area contributed by atoms with Gasteiger partial charge in [-0.1, -0.05) is 12.1 Å². The van der Waals surface area contributed by atoms with Gasteiger partial charge in [0.15, 0.2) is 5.65 Å². The van der Waals surface area contributed by atoms with Crippen molar-refractivity contribution in [3.63, 3.8) is 0 Å². The van der Waals surface area contributed by atoms with Gasteiger partial charge in [-0.2, -0.15) is 13.9 Å². The first-order valence-electron chi connectivity index (χ1n) is 9.62. The summed E-state index contributed by atoms with van der Waals surface area (Å²) in [4.78, 5) is 25.0. The fraction of sp³-hybridized carbons (Fsp3) is 0.190. The molecule has 0 saturated heterocycles. The molecule has 32 heavy (non-hydrogen) atoms. The number of anilines is 2. The summed E-state index contributed by atoms with van der Waals surface area (Å²) in [5.74, 6) is -0.0857. The molecule has 0 aliphatic heterocycles. The number of aryl methyl sites for hydroxylation is 1. The molecule has 0 aliphatic carbocycles. The van der Waals surface area contributed by atoms with Gasteiger partial charge >= 0.3 is 6.61 Å². The van der Waals surface area contributed by atoms with E-state index in [0.29, 0.717) is 22.7 Å². The van der Waals surface area contributed by atoms with Gasteiger partial charge in [0, 0.05) is 25.0 Å². The third-order valence-corrected chi connectivity index (χ3v) is 4.66. The number of amides is 1. The summed E-state index contributed by atoms with van der Waals surface area (Å²) in [6.45, 7) is -1.01. The van der Waals surface area contributed by atoms with Crippen molar-refractivity contribution in [2.45, 2.75) is 19.6 Å². The van der Waals surface area contributed by atoms with E-state index in [-0.39, 0.29) is 17.5 Å². The predicted octanol–water partition coefficient (Wildman–Crippen LogP) is 3.79. The van der Waals surface area contributed by atoms with Crippen LogP contribution in [0.25, 0.3) is 11.2 Å². The molecule has 1 aromatic carbocycles. The number of fused-ring (bicyclic) bond motifs is 1. The maximum Gasteiger partial charge on any atom is 0.388 e. The van der Waals surface area contributed by atoms with Crippen molar-refractivity contribution < 1.29 is 18.3 Å². The first-order chi connectivity index (χ1) is 15.4. The molecule has 3 aromatic heterocycles. The summed E-state index contributed by atoms with van der Waals surface area (Å²) in [5.41, 5.74) is 3.07. The Morgan fingerprint density at radius 1 is 1.12 bits per heavy atom. The number of carbonyl (C=O) groups is 1. The molecule has 9 nitrogen and oxygen atoms in total. The zero-order valence-electron chi connectivity index (χ0n) is 17.2. The van der Waals surface area contributed by atoms with E-state index >= 15 is 0 Å². The minimum atomic E-state index is -2.97. The smallest absolute Gasteiger partial charge is 0.388 e. The average molecular weight is 439 g/mol. The molecule has 4 aromatic rings. The van der Waals surface area contributed by atoms with Crippen LogP contribution in [-0.2, 0) is 7.05 Å². The van der Waals surface area contributed by atoms with Crippen LogP contribution in [-0.4, -0.2) is 37.3 Å². The third kappa shape index (κ3) is 4.77. The molecule has 0 fully saturated rings. The molecule has 0 saturated carbocycles. The highest BCUT2D eigenvalue weighted by Gasteiger charge is 2.12. The second-order valence-electron chi connectivity index (χ2n) is 6.94. The van der Waals surface area contributed by atoms with Gasteiger partial charge in [0.05, 0.1) is 24.0 Å². The number of carbonyl (C=O) groups excluding carboxylic acids is 1. The summed E-state index contributed by atoms with van der Waals surface area (Å²) in [7, 11) is 1.80. The topological polar surface area (TPSA) is 107 Å². The summed E-state index contributed by atoms with van der Waals surface area (Å²) in [6, 6.07) is 9.76. The van der Waals surface area contributed by atoms with E-state index in [4.69, 9.17) is 0 Å². The number of benzene rings is 1. The molecule has 0 spiro atoms. The number of nitrogens with one attached hydrogen (secondary N) is 2. The lowest BCUT2D eigenvalue weighted by atomic mass is 10.1. The predicted molar refractivity (Wildman–Crippen MR) is 114 cm³/mol. The number of rotatable bonds is 7. The van der Waals surface area contributed by atoms with Crippen molar-refractivity contribution in [3.8, 4) is 5.88 Å². The molecule has 1 amide bonds. The van der Waals surface area contributed by atoms with Crippen LogP contribution in [0.4, 0.5) is 20.3 Å². The molecule has 4 rings (SSSR count).